The van der Waals surface area contributed by atoms with Gasteiger partial charge in [0.25, 0.3) is 5.91 Å². The van der Waals surface area contributed by atoms with Gasteiger partial charge in [0.1, 0.15) is 0 Å². The maximum absolute atomic E-state index is 12.5. The van der Waals surface area contributed by atoms with Crippen LogP contribution in [0.5, 0.6) is 0 Å². The number of morpholine rings is 1. The topological polar surface area (TPSA) is 101 Å². The molecule has 2 aromatic carbocycles. The molecule has 3 aliphatic heterocycles. The maximum Gasteiger partial charge on any atom is 0.254 e. The summed E-state index contributed by atoms with van der Waals surface area (Å²) in [5.41, 5.74) is 10.4. The van der Waals surface area contributed by atoms with Crippen molar-refractivity contribution in [3.8, 4) is 0 Å². The van der Waals surface area contributed by atoms with Crippen LogP contribution in [0.1, 0.15) is 51.7 Å². The molecule has 3 unspecified atom stereocenters. The first-order valence-electron chi connectivity index (χ1n) is 13.1. The lowest BCUT2D eigenvalue weighted by atomic mass is 10.0. The Labute approximate surface area is 217 Å². The first kappa shape index (κ1) is 25.4. The minimum Gasteiger partial charge on any atom is -0.392 e. The molecule has 2 bridgehead atoms. The third kappa shape index (κ3) is 5.14. The average molecular weight is 505 g/mol. The molecule has 0 spiro atoms. The third-order valence-electron chi connectivity index (χ3n) is 7.81. The van der Waals surface area contributed by atoms with Gasteiger partial charge in [-0.15, -0.1) is 0 Å². The SMILES string of the molecule is CC(O)CN1CCc2c(n(C)c3ccccc23)C1.NC(=O)c1ccc(C(=O)N2C3CCC2COC3)cc1. The number of nitrogens with zero attached hydrogens (tertiary/aromatic N) is 3. The summed E-state index contributed by atoms with van der Waals surface area (Å²) in [5.74, 6) is -0.461. The van der Waals surface area contributed by atoms with Crippen LogP contribution in [0, 0.1) is 0 Å². The number of fused-ring (bicyclic) bond motifs is 5. The molecule has 196 valence electrons. The zero-order chi connectivity index (χ0) is 26.1. The lowest BCUT2D eigenvalue weighted by molar-refractivity contribution is -0.00716. The van der Waals surface area contributed by atoms with Crippen molar-refractivity contribution in [3.63, 3.8) is 0 Å². The van der Waals surface area contributed by atoms with Gasteiger partial charge >= 0.3 is 0 Å². The van der Waals surface area contributed by atoms with Gasteiger partial charge in [-0.1, -0.05) is 18.2 Å². The second kappa shape index (κ2) is 10.7. The first-order valence-corrected chi connectivity index (χ1v) is 13.1. The Morgan fingerprint density at radius 3 is 2.35 bits per heavy atom. The molecule has 4 heterocycles. The summed E-state index contributed by atoms with van der Waals surface area (Å²) in [6.45, 7) is 5.87. The van der Waals surface area contributed by atoms with Crippen LogP contribution < -0.4 is 5.73 Å². The average Bonchev–Trinajstić information content (AvgIpc) is 3.32. The second-order valence-electron chi connectivity index (χ2n) is 10.4. The molecule has 8 nitrogen and oxygen atoms in total. The number of benzene rings is 2. The zero-order valence-corrected chi connectivity index (χ0v) is 21.6. The predicted molar refractivity (Wildman–Crippen MR) is 142 cm³/mol. The number of primary amides is 1. The van der Waals surface area contributed by atoms with Crippen LogP contribution in [0.2, 0.25) is 0 Å². The van der Waals surface area contributed by atoms with Crippen LogP contribution in [0.4, 0.5) is 0 Å². The molecule has 2 saturated heterocycles. The first-order chi connectivity index (χ1) is 17.8. The molecule has 6 rings (SSSR count). The Hall–Kier alpha value is -3.20. The van der Waals surface area contributed by atoms with Gasteiger partial charge in [-0.3, -0.25) is 14.5 Å². The van der Waals surface area contributed by atoms with E-state index in [0.29, 0.717) is 24.3 Å². The van der Waals surface area contributed by atoms with Crippen molar-refractivity contribution in [1.29, 1.82) is 0 Å². The third-order valence-corrected chi connectivity index (χ3v) is 7.81. The van der Waals surface area contributed by atoms with E-state index in [1.54, 1.807) is 24.3 Å². The molecule has 3 aromatic rings. The number of carbonyl (C=O) groups excluding carboxylic acids is 2. The molecule has 0 aliphatic carbocycles. The largest absolute Gasteiger partial charge is 0.392 e. The smallest absolute Gasteiger partial charge is 0.254 e. The molecule has 3 atom stereocenters. The number of hydrogen-bond donors (Lipinski definition) is 2. The van der Waals surface area contributed by atoms with E-state index in [0.717, 1.165) is 38.9 Å². The maximum atomic E-state index is 12.5. The van der Waals surface area contributed by atoms with Gasteiger partial charge in [-0.2, -0.15) is 0 Å². The van der Waals surface area contributed by atoms with Gasteiger partial charge in [0.15, 0.2) is 0 Å². The second-order valence-corrected chi connectivity index (χ2v) is 10.4. The van der Waals surface area contributed by atoms with Crippen molar-refractivity contribution in [1.82, 2.24) is 14.4 Å². The number of carbonyl (C=O) groups is 2. The van der Waals surface area contributed by atoms with Gasteiger partial charge in [0, 0.05) is 54.4 Å². The molecule has 1 aromatic heterocycles. The van der Waals surface area contributed by atoms with Crippen molar-refractivity contribution >= 4 is 22.7 Å². The van der Waals surface area contributed by atoms with Gasteiger partial charge in [0.2, 0.25) is 5.91 Å². The number of β-amino-alcohol motifs (C(OH)–C–C–N with tert-alkyl or cyclic N) is 1. The van der Waals surface area contributed by atoms with Gasteiger partial charge in [-0.25, -0.2) is 0 Å². The number of amides is 2. The van der Waals surface area contributed by atoms with Gasteiger partial charge in [-0.05, 0) is 62.1 Å². The summed E-state index contributed by atoms with van der Waals surface area (Å²) < 4.78 is 7.77. The monoisotopic (exact) mass is 504 g/mol. The predicted octanol–water partition coefficient (Wildman–Crippen LogP) is 2.71. The molecule has 2 amide bonds. The summed E-state index contributed by atoms with van der Waals surface area (Å²) in [6.07, 6.45) is 2.86. The van der Waals surface area contributed by atoms with Crippen LogP contribution in [0.15, 0.2) is 48.5 Å². The number of nitrogens with two attached hydrogens (primary N) is 1. The van der Waals surface area contributed by atoms with Crippen LogP contribution >= 0.6 is 0 Å². The number of aliphatic hydroxyl groups excluding tert-OH is 1. The van der Waals surface area contributed by atoms with Gasteiger partial charge in [0.05, 0.1) is 31.4 Å². The van der Waals surface area contributed by atoms with E-state index in [1.807, 2.05) is 11.8 Å². The summed E-state index contributed by atoms with van der Waals surface area (Å²) in [6, 6.07) is 15.5. The fourth-order valence-corrected chi connectivity index (χ4v) is 5.98. The Balaban J connectivity index is 0.000000152. The summed E-state index contributed by atoms with van der Waals surface area (Å²) >= 11 is 0. The molecule has 2 fully saturated rings. The molecule has 3 aliphatic rings. The van der Waals surface area contributed by atoms with Crippen LogP contribution in [0.3, 0.4) is 0 Å². The van der Waals surface area contributed by atoms with E-state index in [2.05, 4.69) is 40.8 Å². The fourth-order valence-electron chi connectivity index (χ4n) is 5.98. The Bertz CT molecular complexity index is 1270. The molecule has 0 saturated carbocycles. The highest BCUT2D eigenvalue weighted by atomic mass is 16.5. The molecule has 3 N–H and O–H groups in total. The summed E-state index contributed by atoms with van der Waals surface area (Å²) in [7, 11) is 2.15. The quantitative estimate of drug-likeness (QED) is 0.569. The minimum absolute atomic E-state index is 0.0202. The highest BCUT2D eigenvalue weighted by molar-refractivity contribution is 5.97. The fraction of sp³-hybridized carbons (Fsp3) is 0.448. The highest BCUT2D eigenvalue weighted by Gasteiger charge is 2.40. The van der Waals surface area contributed by atoms with E-state index in [9.17, 15) is 14.7 Å². The van der Waals surface area contributed by atoms with Crippen molar-refractivity contribution in [2.45, 2.75) is 50.9 Å². The van der Waals surface area contributed by atoms with Crippen molar-refractivity contribution in [2.24, 2.45) is 12.8 Å². The Morgan fingerprint density at radius 1 is 1.05 bits per heavy atom. The number of hydrogen-bond acceptors (Lipinski definition) is 5. The molecule has 0 radical (unpaired) electrons. The van der Waals surface area contributed by atoms with Crippen molar-refractivity contribution in [3.05, 3.63) is 70.9 Å². The number of ether oxygens (including phenoxy) is 1. The van der Waals surface area contributed by atoms with E-state index in [-0.39, 0.29) is 24.1 Å². The lowest BCUT2D eigenvalue weighted by Gasteiger charge is -2.34. The summed E-state index contributed by atoms with van der Waals surface area (Å²) in [4.78, 5) is 27.8. The summed E-state index contributed by atoms with van der Waals surface area (Å²) in [5, 5.41) is 10.9. The van der Waals surface area contributed by atoms with Gasteiger partial charge < -0.3 is 25.0 Å². The van der Waals surface area contributed by atoms with E-state index in [1.165, 1.54) is 22.2 Å². The van der Waals surface area contributed by atoms with Crippen LogP contribution in [0.25, 0.3) is 10.9 Å². The highest BCUT2D eigenvalue weighted by Crippen LogP contribution is 2.31. The number of aromatic nitrogens is 1. The Morgan fingerprint density at radius 2 is 1.70 bits per heavy atom. The molecule has 8 heteroatoms. The molecular formula is C29H36N4O4. The molecule has 37 heavy (non-hydrogen) atoms. The van der Waals surface area contributed by atoms with E-state index in [4.69, 9.17) is 10.5 Å². The number of aliphatic hydroxyl groups is 1. The normalized spacial score (nSPS) is 21.8. The number of para-hydroxylation sites is 1. The van der Waals surface area contributed by atoms with E-state index >= 15 is 0 Å². The number of aryl methyl sites for hydroxylation is 1. The van der Waals surface area contributed by atoms with Crippen molar-refractivity contribution in [2.75, 3.05) is 26.3 Å². The Kier molecular flexibility index (Phi) is 7.33. The lowest BCUT2D eigenvalue weighted by Crippen LogP contribution is -2.49. The zero-order valence-electron chi connectivity index (χ0n) is 21.6. The van der Waals surface area contributed by atoms with Crippen LogP contribution in [-0.2, 0) is 24.8 Å². The minimum atomic E-state index is -0.481. The molecular weight excluding hydrogens is 468 g/mol. The van der Waals surface area contributed by atoms with Crippen molar-refractivity contribution < 1.29 is 19.4 Å². The standard InChI is InChI=1S/C15H20N2O.C14H16N2O3/c1-11(18)9-17-8-7-13-12-5-3-4-6-14(12)16(2)15(13)10-17;15-13(17)9-1-3-10(4-2-9)14(18)16-11-5-6-12(16)8-19-7-11/h3-6,11,18H,7-10H2,1-2H3;1-4,11-12H,5-8H2,(H2,15,17). The number of rotatable bonds is 4. The van der Waals surface area contributed by atoms with E-state index < -0.39 is 5.91 Å². The van der Waals surface area contributed by atoms with Crippen LogP contribution in [-0.4, -0.2) is 75.8 Å².